The summed E-state index contributed by atoms with van der Waals surface area (Å²) in [5.74, 6) is 0.515. The summed E-state index contributed by atoms with van der Waals surface area (Å²) in [6, 6.07) is 0. The number of carbonyl (C=O) groups excluding carboxylic acids is 2. The molecule has 0 saturated heterocycles. The summed E-state index contributed by atoms with van der Waals surface area (Å²) < 4.78 is 10.4. The molecule has 6 heteroatoms. The molecule has 21 heavy (non-hydrogen) atoms. The summed E-state index contributed by atoms with van der Waals surface area (Å²) in [6.07, 6.45) is 2.28. The molecule has 0 bridgehead atoms. The molecule has 0 spiro atoms. The molecule has 0 aromatic carbocycles. The monoisotopic (exact) mass is 294 g/mol. The van der Waals surface area contributed by atoms with Crippen molar-refractivity contribution in [2.75, 3.05) is 5.32 Å². The van der Waals surface area contributed by atoms with Crippen LogP contribution < -0.4 is 5.32 Å². The first-order valence-electron chi connectivity index (χ1n) is 7.24. The van der Waals surface area contributed by atoms with Crippen LogP contribution in [0.2, 0.25) is 0 Å². The van der Waals surface area contributed by atoms with Crippen LogP contribution in [0.3, 0.4) is 0 Å². The number of nitrogens with zero attached hydrogens (tertiary/aromatic N) is 1. The number of aryl methyl sites for hydroxylation is 1. The van der Waals surface area contributed by atoms with Gasteiger partial charge in [-0.1, -0.05) is 5.16 Å². The Labute approximate surface area is 124 Å². The highest BCUT2D eigenvalue weighted by atomic mass is 16.6. The van der Waals surface area contributed by atoms with Crippen molar-refractivity contribution in [1.29, 1.82) is 0 Å². The average molecular weight is 294 g/mol. The highest BCUT2D eigenvalue weighted by Gasteiger charge is 2.32. The number of hydrogen-bond donors (Lipinski definition) is 1. The molecule has 1 aromatic rings. The number of hydrogen-bond acceptors (Lipinski definition) is 5. The van der Waals surface area contributed by atoms with Crippen LogP contribution in [0.1, 0.15) is 63.8 Å². The zero-order chi connectivity index (χ0) is 15.6. The van der Waals surface area contributed by atoms with Crippen LogP contribution in [-0.2, 0) is 14.3 Å². The van der Waals surface area contributed by atoms with Crippen molar-refractivity contribution in [3.63, 3.8) is 0 Å². The average Bonchev–Trinajstić information content (AvgIpc) is 3.12. The van der Waals surface area contributed by atoms with E-state index in [1.165, 1.54) is 0 Å². The van der Waals surface area contributed by atoms with Crippen LogP contribution in [-0.4, -0.2) is 22.6 Å². The maximum atomic E-state index is 11.9. The van der Waals surface area contributed by atoms with E-state index in [1.807, 2.05) is 0 Å². The minimum Gasteiger partial charge on any atom is -0.460 e. The Morgan fingerprint density at radius 3 is 2.57 bits per heavy atom. The van der Waals surface area contributed by atoms with Gasteiger partial charge in [0.1, 0.15) is 17.0 Å². The van der Waals surface area contributed by atoms with Gasteiger partial charge in [0.25, 0.3) is 0 Å². The van der Waals surface area contributed by atoms with Gasteiger partial charge in [0.05, 0.1) is 6.42 Å². The second kappa shape index (κ2) is 5.87. The third-order valence-corrected chi connectivity index (χ3v) is 3.08. The van der Waals surface area contributed by atoms with Crippen molar-refractivity contribution >= 4 is 17.6 Å². The maximum absolute atomic E-state index is 11.9. The van der Waals surface area contributed by atoms with Crippen molar-refractivity contribution in [1.82, 2.24) is 5.16 Å². The van der Waals surface area contributed by atoms with Crippen LogP contribution in [0, 0.1) is 6.92 Å². The minimum absolute atomic E-state index is 0.0617. The molecule has 1 N–H and O–H groups in total. The third kappa shape index (κ3) is 4.58. The summed E-state index contributed by atoms with van der Waals surface area (Å²) in [7, 11) is 0. The fourth-order valence-electron chi connectivity index (χ4n) is 1.97. The van der Waals surface area contributed by atoms with Gasteiger partial charge < -0.3 is 14.6 Å². The topological polar surface area (TPSA) is 81.4 Å². The van der Waals surface area contributed by atoms with E-state index < -0.39 is 5.60 Å². The molecule has 1 aliphatic carbocycles. The molecule has 2 rings (SSSR count). The van der Waals surface area contributed by atoms with E-state index >= 15 is 0 Å². The Morgan fingerprint density at radius 1 is 1.33 bits per heavy atom. The molecule has 0 unspecified atom stereocenters. The molecule has 1 saturated carbocycles. The Kier molecular flexibility index (Phi) is 4.34. The number of amides is 1. The van der Waals surface area contributed by atoms with Crippen molar-refractivity contribution < 1.29 is 18.8 Å². The molecule has 116 valence electrons. The number of nitrogens with one attached hydrogen (secondary N) is 1. The van der Waals surface area contributed by atoms with Crippen molar-refractivity contribution in [3.8, 4) is 0 Å². The van der Waals surface area contributed by atoms with Gasteiger partial charge in [0, 0.05) is 12.3 Å². The molecule has 1 amide bonds. The smallest absolute Gasteiger partial charge is 0.306 e. The van der Waals surface area contributed by atoms with E-state index in [0.717, 1.165) is 18.6 Å². The predicted molar refractivity (Wildman–Crippen MR) is 76.9 cm³/mol. The van der Waals surface area contributed by atoms with E-state index in [-0.39, 0.29) is 24.7 Å². The lowest BCUT2D eigenvalue weighted by atomic mass is 10.2. The highest BCUT2D eigenvalue weighted by Crippen LogP contribution is 2.44. The van der Waals surface area contributed by atoms with Crippen LogP contribution in [0.5, 0.6) is 0 Å². The van der Waals surface area contributed by atoms with Crippen molar-refractivity contribution in [2.45, 2.75) is 64.9 Å². The number of rotatable bonds is 5. The number of esters is 1. The van der Waals surface area contributed by atoms with E-state index in [0.29, 0.717) is 17.3 Å². The number of anilines is 1. The van der Waals surface area contributed by atoms with Gasteiger partial charge in [-0.2, -0.15) is 0 Å². The fraction of sp³-hybridized carbons (Fsp3) is 0.667. The van der Waals surface area contributed by atoms with Gasteiger partial charge in [-0.15, -0.1) is 0 Å². The van der Waals surface area contributed by atoms with Crippen molar-refractivity contribution in [3.05, 3.63) is 11.5 Å². The molecular weight excluding hydrogens is 272 g/mol. The first-order valence-corrected chi connectivity index (χ1v) is 7.24. The zero-order valence-electron chi connectivity index (χ0n) is 13.0. The molecule has 6 nitrogen and oxygen atoms in total. The Balaban J connectivity index is 1.85. The highest BCUT2D eigenvalue weighted by molar-refractivity contribution is 5.93. The van der Waals surface area contributed by atoms with Gasteiger partial charge in [0.15, 0.2) is 5.76 Å². The van der Waals surface area contributed by atoms with E-state index in [4.69, 9.17) is 9.26 Å². The molecule has 0 atom stereocenters. The lowest BCUT2D eigenvalue weighted by molar-refractivity contribution is -0.155. The second-order valence-electron chi connectivity index (χ2n) is 6.42. The van der Waals surface area contributed by atoms with Crippen LogP contribution in [0.15, 0.2) is 4.52 Å². The molecule has 1 heterocycles. The van der Waals surface area contributed by atoms with Gasteiger partial charge in [0.2, 0.25) is 5.91 Å². The van der Waals surface area contributed by atoms with Crippen LogP contribution in [0.4, 0.5) is 5.69 Å². The maximum Gasteiger partial charge on any atom is 0.306 e. The lowest BCUT2D eigenvalue weighted by Gasteiger charge is -2.19. The largest absolute Gasteiger partial charge is 0.460 e. The molecular formula is C15H22N2O4. The SMILES string of the molecule is Cc1noc(C2CC2)c1NC(=O)CCC(=O)OC(C)(C)C. The lowest BCUT2D eigenvalue weighted by Crippen LogP contribution is -2.24. The molecule has 1 aromatic heterocycles. The van der Waals surface area contributed by atoms with E-state index in [2.05, 4.69) is 10.5 Å². The number of aromatic nitrogens is 1. The minimum atomic E-state index is -0.530. The van der Waals surface area contributed by atoms with Crippen LogP contribution in [0.25, 0.3) is 0 Å². The van der Waals surface area contributed by atoms with Gasteiger partial charge in [-0.25, -0.2) is 0 Å². The summed E-state index contributed by atoms with van der Waals surface area (Å²) in [5.41, 5.74) is 0.798. The Morgan fingerprint density at radius 2 is 2.00 bits per heavy atom. The van der Waals surface area contributed by atoms with Gasteiger partial charge in [-0.3, -0.25) is 9.59 Å². The number of carbonyl (C=O) groups is 2. The molecule has 0 aliphatic heterocycles. The molecule has 1 fully saturated rings. The summed E-state index contributed by atoms with van der Waals surface area (Å²) in [5, 5.41) is 6.69. The second-order valence-corrected chi connectivity index (χ2v) is 6.42. The van der Waals surface area contributed by atoms with Crippen molar-refractivity contribution in [2.24, 2.45) is 0 Å². The van der Waals surface area contributed by atoms with Gasteiger partial charge in [-0.05, 0) is 40.5 Å². The van der Waals surface area contributed by atoms with Gasteiger partial charge >= 0.3 is 5.97 Å². The number of ether oxygens (including phenoxy) is 1. The molecule has 1 aliphatic rings. The zero-order valence-corrected chi connectivity index (χ0v) is 13.0. The van der Waals surface area contributed by atoms with E-state index in [1.54, 1.807) is 27.7 Å². The first kappa shape index (κ1) is 15.5. The molecule has 0 radical (unpaired) electrons. The first-order chi connectivity index (χ1) is 9.76. The summed E-state index contributed by atoms with van der Waals surface area (Å²) >= 11 is 0. The predicted octanol–water partition coefficient (Wildman–Crippen LogP) is 2.92. The van der Waals surface area contributed by atoms with E-state index in [9.17, 15) is 9.59 Å². The Hall–Kier alpha value is -1.85. The normalized spacial score (nSPS) is 14.9. The third-order valence-electron chi connectivity index (χ3n) is 3.08. The quantitative estimate of drug-likeness (QED) is 0.844. The standard InChI is InChI=1S/C15H22N2O4/c1-9-13(14(21-17-9)10-5-6-10)16-11(18)7-8-12(19)20-15(2,3)4/h10H,5-8H2,1-4H3,(H,16,18). The fourth-order valence-corrected chi connectivity index (χ4v) is 1.97. The Bertz CT molecular complexity index is 538. The summed E-state index contributed by atoms with van der Waals surface area (Å²) in [4.78, 5) is 23.5. The van der Waals surface area contributed by atoms with Crippen LogP contribution >= 0.6 is 0 Å². The summed E-state index contributed by atoms with van der Waals surface area (Å²) in [6.45, 7) is 7.19.